The lowest BCUT2D eigenvalue weighted by molar-refractivity contribution is -0.133. The van der Waals surface area contributed by atoms with Gasteiger partial charge in [-0.2, -0.15) is 0 Å². The van der Waals surface area contributed by atoms with Crippen LogP contribution in [-0.2, 0) is 29.2 Å². The zero-order chi connectivity index (χ0) is 24.9. The van der Waals surface area contributed by atoms with Crippen molar-refractivity contribution in [1.82, 2.24) is 19.4 Å². The molecule has 0 unspecified atom stereocenters. The van der Waals surface area contributed by atoms with Crippen molar-refractivity contribution in [3.63, 3.8) is 0 Å². The number of fused-ring (bicyclic) bond motifs is 3. The molecule has 0 aliphatic carbocycles. The van der Waals surface area contributed by atoms with Gasteiger partial charge < -0.3 is 14.4 Å². The first-order valence-corrected chi connectivity index (χ1v) is 13.0. The van der Waals surface area contributed by atoms with E-state index < -0.39 is 0 Å². The predicted octanol–water partition coefficient (Wildman–Crippen LogP) is 4.09. The van der Waals surface area contributed by atoms with E-state index in [0.29, 0.717) is 44.7 Å². The van der Waals surface area contributed by atoms with Gasteiger partial charge in [0.25, 0.3) is 0 Å². The van der Waals surface area contributed by atoms with E-state index in [0.717, 1.165) is 37.1 Å². The highest BCUT2D eigenvalue weighted by molar-refractivity contribution is 5.92. The number of aromatic nitrogens is 2. The molecule has 2 aliphatic rings. The highest BCUT2D eigenvalue weighted by Crippen LogP contribution is 2.32. The summed E-state index contributed by atoms with van der Waals surface area (Å²) in [6.45, 7) is 4.99. The van der Waals surface area contributed by atoms with Gasteiger partial charge in [0.05, 0.1) is 6.33 Å². The Balaban J connectivity index is 1.46. The summed E-state index contributed by atoms with van der Waals surface area (Å²) in [4.78, 5) is 37.0. The van der Waals surface area contributed by atoms with Crippen LogP contribution in [0.3, 0.4) is 0 Å². The van der Waals surface area contributed by atoms with Crippen LogP contribution >= 0.6 is 0 Å². The Hall–Kier alpha value is -3.45. The van der Waals surface area contributed by atoms with Gasteiger partial charge in [-0.15, -0.1) is 0 Å². The van der Waals surface area contributed by atoms with Crippen LogP contribution in [0.1, 0.15) is 43.7 Å². The van der Waals surface area contributed by atoms with Crippen molar-refractivity contribution in [1.29, 1.82) is 0 Å². The van der Waals surface area contributed by atoms with Crippen LogP contribution in [-0.4, -0.2) is 56.3 Å². The lowest BCUT2D eigenvalue weighted by atomic mass is 10.1. The van der Waals surface area contributed by atoms with Crippen molar-refractivity contribution in [2.24, 2.45) is 0 Å². The number of carbonyl (C=O) groups excluding carboxylic acids is 2. The number of rotatable bonds is 5. The van der Waals surface area contributed by atoms with E-state index >= 15 is 0 Å². The summed E-state index contributed by atoms with van der Waals surface area (Å²) >= 11 is 0. The molecule has 188 valence electrons. The molecule has 7 heteroatoms. The second kappa shape index (κ2) is 11.1. The highest BCUT2D eigenvalue weighted by atomic mass is 16.2. The van der Waals surface area contributed by atoms with Gasteiger partial charge in [-0.05, 0) is 36.5 Å². The van der Waals surface area contributed by atoms with E-state index in [1.807, 2.05) is 44.8 Å². The summed E-state index contributed by atoms with van der Waals surface area (Å²) in [5.74, 6) is 0.180. The van der Waals surface area contributed by atoms with Gasteiger partial charge in [-0.3, -0.25) is 14.5 Å². The lowest BCUT2D eigenvalue weighted by Crippen LogP contribution is -2.45. The summed E-state index contributed by atoms with van der Waals surface area (Å²) < 4.78 is 1.95. The molecule has 2 atom stereocenters. The average Bonchev–Trinajstić information content (AvgIpc) is 3.53. The van der Waals surface area contributed by atoms with Gasteiger partial charge in [0.1, 0.15) is 0 Å². The maximum absolute atomic E-state index is 13.6. The quantitative estimate of drug-likeness (QED) is 0.546. The van der Waals surface area contributed by atoms with Crippen molar-refractivity contribution < 1.29 is 9.59 Å². The number of hydrogen-bond donors (Lipinski definition) is 0. The Morgan fingerprint density at radius 2 is 1.75 bits per heavy atom. The van der Waals surface area contributed by atoms with Gasteiger partial charge in [0, 0.05) is 76.2 Å². The van der Waals surface area contributed by atoms with E-state index in [1.54, 1.807) is 19.4 Å². The van der Waals surface area contributed by atoms with E-state index in [4.69, 9.17) is 0 Å². The maximum Gasteiger partial charge on any atom is 0.224 e. The molecular weight excluding hydrogens is 450 g/mol. The molecule has 7 nitrogen and oxygen atoms in total. The van der Waals surface area contributed by atoms with Crippen molar-refractivity contribution in [3.05, 3.63) is 84.4 Å². The first-order chi connectivity index (χ1) is 17.6. The van der Waals surface area contributed by atoms with Gasteiger partial charge >= 0.3 is 0 Å². The standard InChI is InChI=1S/C29H35N5O2/c1-23(35)33-17-13-26-11-12-27(34(26)19-24-7-3-2-4-8-24)21-32(20-25-9-5-6-10-28(25)33)29(36)14-16-31-18-15-30-22-31/h2-10,15,18,22,26-27H,11-14,16-17,19-21H2,1H3/t26-,27+/m0/s1. The molecule has 1 fully saturated rings. The third-order valence-electron chi connectivity index (χ3n) is 7.62. The molecule has 0 spiro atoms. The van der Waals surface area contributed by atoms with Crippen LogP contribution in [0.15, 0.2) is 73.3 Å². The molecule has 5 rings (SSSR count). The minimum atomic E-state index is 0.0452. The zero-order valence-electron chi connectivity index (χ0n) is 21.0. The van der Waals surface area contributed by atoms with Crippen LogP contribution in [0.4, 0.5) is 5.69 Å². The maximum atomic E-state index is 13.6. The fourth-order valence-corrected chi connectivity index (χ4v) is 5.72. The molecule has 3 heterocycles. The van der Waals surface area contributed by atoms with Crippen LogP contribution < -0.4 is 4.90 Å². The molecule has 0 radical (unpaired) electrons. The zero-order valence-corrected chi connectivity index (χ0v) is 21.0. The highest BCUT2D eigenvalue weighted by Gasteiger charge is 2.36. The van der Waals surface area contributed by atoms with E-state index in [9.17, 15) is 9.59 Å². The molecule has 1 aromatic heterocycles. The van der Waals surface area contributed by atoms with Gasteiger partial charge in [-0.25, -0.2) is 4.98 Å². The Morgan fingerprint density at radius 1 is 0.972 bits per heavy atom. The molecule has 2 amide bonds. The number of para-hydroxylation sites is 1. The lowest BCUT2D eigenvalue weighted by Gasteiger charge is -2.34. The Labute approximate surface area is 213 Å². The first-order valence-electron chi connectivity index (χ1n) is 13.0. The third-order valence-corrected chi connectivity index (χ3v) is 7.62. The molecule has 0 N–H and O–H groups in total. The first kappa shape index (κ1) is 24.3. The Kier molecular flexibility index (Phi) is 7.47. The second-order valence-corrected chi connectivity index (χ2v) is 9.96. The van der Waals surface area contributed by atoms with E-state index in [-0.39, 0.29) is 11.8 Å². The summed E-state index contributed by atoms with van der Waals surface area (Å²) in [7, 11) is 0. The average molecular weight is 486 g/mol. The number of imidazole rings is 1. The van der Waals surface area contributed by atoms with Crippen LogP contribution in [0.2, 0.25) is 0 Å². The molecule has 3 aromatic rings. The molecule has 36 heavy (non-hydrogen) atoms. The Morgan fingerprint density at radius 3 is 2.53 bits per heavy atom. The largest absolute Gasteiger partial charge is 0.337 e. The smallest absolute Gasteiger partial charge is 0.224 e. The minimum absolute atomic E-state index is 0.0452. The molecular formula is C29H35N5O2. The predicted molar refractivity (Wildman–Crippen MR) is 140 cm³/mol. The van der Waals surface area contributed by atoms with Gasteiger partial charge in [-0.1, -0.05) is 48.5 Å². The summed E-state index contributed by atoms with van der Waals surface area (Å²) in [6.07, 6.45) is 8.87. The fraction of sp³-hybridized carbons (Fsp3) is 0.414. The molecule has 1 saturated heterocycles. The van der Waals surface area contributed by atoms with Crippen molar-refractivity contribution >= 4 is 17.5 Å². The SMILES string of the molecule is CC(=O)N1CC[C@@H]2CC[C@H](CN(C(=O)CCn3ccnc3)Cc3ccccc31)N2Cc1ccccc1. The monoisotopic (exact) mass is 485 g/mol. The van der Waals surface area contributed by atoms with Crippen LogP contribution in [0.25, 0.3) is 0 Å². The minimum Gasteiger partial charge on any atom is -0.337 e. The Bertz CT molecular complexity index is 1160. The third kappa shape index (κ3) is 5.51. The second-order valence-electron chi connectivity index (χ2n) is 9.96. The number of hydrogen-bond acceptors (Lipinski definition) is 4. The van der Waals surface area contributed by atoms with E-state index in [2.05, 4.69) is 40.2 Å². The number of anilines is 1. The number of carbonyl (C=O) groups is 2. The van der Waals surface area contributed by atoms with Crippen molar-refractivity contribution in [2.75, 3.05) is 18.0 Å². The summed E-state index contributed by atoms with van der Waals surface area (Å²) in [5, 5.41) is 0. The molecule has 2 bridgehead atoms. The van der Waals surface area contributed by atoms with Crippen molar-refractivity contribution in [3.8, 4) is 0 Å². The topological polar surface area (TPSA) is 61.7 Å². The van der Waals surface area contributed by atoms with E-state index in [1.165, 1.54) is 5.56 Å². The fourth-order valence-electron chi connectivity index (χ4n) is 5.72. The number of benzene rings is 2. The van der Waals surface area contributed by atoms with Crippen LogP contribution in [0, 0.1) is 0 Å². The van der Waals surface area contributed by atoms with Gasteiger partial charge in [0.15, 0.2) is 0 Å². The van der Waals surface area contributed by atoms with Crippen molar-refractivity contribution in [2.45, 2.75) is 64.3 Å². The number of nitrogens with zero attached hydrogens (tertiary/aromatic N) is 5. The van der Waals surface area contributed by atoms with Gasteiger partial charge in [0.2, 0.25) is 11.8 Å². The number of amides is 2. The van der Waals surface area contributed by atoms with Crippen LogP contribution in [0.5, 0.6) is 0 Å². The summed E-state index contributed by atoms with van der Waals surface area (Å²) in [5.41, 5.74) is 3.23. The normalized spacial score (nSPS) is 20.6. The molecule has 2 aliphatic heterocycles. The molecule has 2 aromatic carbocycles. The number of aryl methyl sites for hydroxylation is 1. The summed E-state index contributed by atoms with van der Waals surface area (Å²) in [6, 6.07) is 19.3. The molecule has 0 saturated carbocycles.